The van der Waals surface area contributed by atoms with Gasteiger partial charge < -0.3 is 14.0 Å². The fraction of sp³-hybridized carbons (Fsp3) is 0.185. The zero-order chi connectivity index (χ0) is 24.6. The molecule has 5 rings (SSSR count). The highest BCUT2D eigenvalue weighted by atomic mass is 19.4. The number of hydrogen-bond donors (Lipinski definition) is 0. The van der Waals surface area contributed by atoms with E-state index in [1.807, 2.05) is 36.4 Å². The molecule has 0 N–H and O–H groups in total. The largest absolute Gasteiger partial charge is 0.465 e. The van der Waals surface area contributed by atoms with Crippen LogP contribution in [0.25, 0.3) is 16.6 Å². The number of carbonyl (C=O) groups is 1. The number of esters is 1. The van der Waals surface area contributed by atoms with E-state index in [9.17, 15) is 18.0 Å². The number of aromatic nitrogens is 1. The molecule has 3 aromatic carbocycles. The molecule has 4 aromatic rings. The zero-order valence-corrected chi connectivity index (χ0v) is 18.4. The fourth-order valence-electron chi connectivity index (χ4n) is 4.37. The lowest BCUT2D eigenvalue weighted by Gasteiger charge is -2.12. The maximum absolute atomic E-state index is 13.0. The van der Waals surface area contributed by atoms with Crippen LogP contribution in [0.2, 0.25) is 0 Å². The lowest BCUT2D eigenvalue weighted by atomic mass is 9.98. The summed E-state index contributed by atoms with van der Waals surface area (Å²) in [7, 11) is 0. The molecule has 0 saturated carbocycles. The molecule has 0 bridgehead atoms. The Labute approximate surface area is 198 Å². The summed E-state index contributed by atoms with van der Waals surface area (Å²) in [5.41, 5.74) is 1.53. The second kappa shape index (κ2) is 8.84. The van der Waals surface area contributed by atoms with E-state index in [2.05, 4.69) is 10.8 Å². The summed E-state index contributed by atoms with van der Waals surface area (Å²) >= 11 is 0. The topological polar surface area (TPSA) is 64.2 Å². The summed E-state index contributed by atoms with van der Waals surface area (Å²) in [6, 6.07) is 19.8. The molecular weight excluding hydrogens is 457 g/mol. The van der Waals surface area contributed by atoms with Gasteiger partial charge in [-0.05, 0) is 60.5 Å². The van der Waals surface area contributed by atoms with Crippen LogP contribution >= 0.6 is 0 Å². The van der Waals surface area contributed by atoms with Gasteiger partial charge in [-0.3, -0.25) is 4.79 Å². The van der Waals surface area contributed by atoms with Gasteiger partial charge in [0.2, 0.25) is 0 Å². The minimum Gasteiger partial charge on any atom is -0.465 e. The molecule has 1 aliphatic heterocycles. The number of fused-ring (bicyclic) bond motifs is 1. The van der Waals surface area contributed by atoms with Crippen molar-refractivity contribution >= 4 is 16.9 Å². The standard InChI is InChI=1S/C27H19F3N2O3/c28-27(29,30)24-10-9-22(13-18(24)14-31)35-21-7-5-20(6-8-21)32-15-19(11-17-12-26(33)34-16-17)23-3-1-2-4-25(23)32/h1-10,13,15,17H,11-12,16H2/t17-/m1/s1. The lowest BCUT2D eigenvalue weighted by Crippen LogP contribution is -2.07. The Kier molecular flexibility index (Phi) is 5.69. The highest BCUT2D eigenvalue weighted by molar-refractivity contribution is 5.86. The van der Waals surface area contributed by atoms with E-state index < -0.39 is 17.3 Å². The molecule has 1 saturated heterocycles. The molecule has 1 fully saturated rings. The van der Waals surface area contributed by atoms with Crippen LogP contribution in [0.4, 0.5) is 13.2 Å². The van der Waals surface area contributed by atoms with E-state index in [4.69, 9.17) is 14.7 Å². The van der Waals surface area contributed by atoms with Gasteiger partial charge in [-0.15, -0.1) is 0 Å². The minimum atomic E-state index is -4.61. The average molecular weight is 476 g/mol. The van der Waals surface area contributed by atoms with Crippen molar-refractivity contribution in [3.63, 3.8) is 0 Å². The monoisotopic (exact) mass is 476 g/mol. The molecule has 1 aromatic heterocycles. The van der Waals surface area contributed by atoms with Crippen LogP contribution in [0.5, 0.6) is 11.5 Å². The maximum atomic E-state index is 13.0. The molecule has 1 aliphatic rings. The molecule has 0 aliphatic carbocycles. The van der Waals surface area contributed by atoms with E-state index in [0.717, 1.165) is 40.7 Å². The number of nitriles is 1. The molecule has 0 unspecified atom stereocenters. The summed E-state index contributed by atoms with van der Waals surface area (Å²) in [5, 5.41) is 10.2. The number of alkyl halides is 3. The van der Waals surface area contributed by atoms with Gasteiger partial charge in [-0.25, -0.2) is 0 Å². The predicted molar refractivity (Wildman–Crippen MR) is 122 cm³/mol. The Morgan fingerprint density at radius 1 is 1.06 bits per heavy atom. The number of ether oxygens (including phenoxy) is 2. The van der Waals surface area contributed by atoms with Crippen LogP contribution in [0.3, 0.4) is 0 Å². The molecule has 1 atom stereocenters. The van der Waals surface area contributed by atoms with E-state index >= 15 is 0 Å². The number of nitrogens with zero attached hydrogens (tertiary/aromatic N) is 2. The fourth-order valence-corrected chi connectivity index (χ4v) is 4.37. The van der Waals surface area contributed by atoms with Crippen LogP contribution in [-0.2, 0) is 22.1 Å². The van der Waals surface area contributed by atoms with Crippen molar-refractivity contribution in [2.75, 3.05) is 6.61 Å². The van der Waals surface area contributed by atoms with E-state index in [1.54, 1.807) is 18.2 Å². The number of para-hydroxylation sites is 1. The first kappa shape index (κ1) is 22.5. The molecule has 0 radical (unpaired) electrons. The van der Waals surface area contributed by atoms with Crippen LogP contribution < -0.4 is 4.74 Å². The molecule has 2 heterocycles. The molecule has 0 amide bonds. The number of cyclic esters (lactones) is 1. The van der Waals surface area contributed by atoms with Gasteiger partial charge in [0.25, 0.3) is 0 Å². The third-order valence-electron chi connectivity index (χ3n) is 6.01. The molecule has 35 heavy (non-hydrogen) atoms. The summed E-state index contributed by atoms with van der Waals surface area (Å²) in [4.78, 5) is 11.5. The van der Waals surface area contributed by atoms with Gasteiger partial charge in [0, 0.05) is 23.2 Å². The lowest BCUT2D eigenvalue weighted by molar-refractivity contribution is -0.138. The Bertz CT molecular complexity index is 1450. The maximum Gasteiger partial charge on any atom is 0.417 e. The predicted octanol–water partition coefficient (Wildman–Crippen LogP) is 6.42. The van der Waals surface area contributed by atoms with Crippen molar-refractivity contribution in [1.29, 1.82) is 5.26 Å². The van der Waals surface area contributed by atoms with Crippen molar-refractivity contribution in [1.82, 2.24) is 4.57 Å². The van der Waals surface area contributed by atoms with Gasteiger partial charge >= 0.3 is 12.1 Å². The minimum absolute atomic E-state index is 0.143. The summed E-state index contributed by atoms with van der Waals surface area (Å²) < 4.78 is 51.9. The van der Waals surface area contributed by atoms with Gasteiger partial charge in [-0.1, -0.05) is 18.2 Å². The number of benzene rings is 3. The van der Waals surface area contributed by atoms with Gasteiger partial charge in [-0.2, -0.15) is 18.4 Å². The number of rotatable bonds is 5. The van der Waals surface area contributed by atoms with Crippen LogP contribution in [0, 0.1) is 17.2 Å². The van der Waals surface area contributed by atoms with E-state index in [0.29, 0.717) is 18.8 Å². The smallest absolute Gasteiger partial charge is 0.417 e. The number of carbonyl (C=O) groups excluding carboxylic acids is 1. The van der Waals surface area contributed by atoms with Gasteiger partial charge in [0.15, 0.2) is 0 Å². The first-order valence-corrected chi connectivity index (χ1v) is 11.0. The number of hydrogen-bond acceptors (Lipinski definition) is 4. The quantitative estimate of drug-likeness (QED) is 0.312. The normalized spacial score (nSPS) is 15.7. The van der Waals surface area contributed by atoms with Crippen molar-refractivity contribution in [3.05, 3.63) is 89.6 Å². The molecular formula is C27H19F3N2O3. The zero-order valence-electron chi connectivity index (χ0n) is 18.4. The van der Waals surface area contributed by atoms with Crippen molar-refractivity contribution in [3.8, 4) is 23.3 Å². The summed E-state index contributed by atoms with van der Waals surface area (Å²) in [6.07, 6.45) is -1.40. The van der Waals surface area contributed by atoms with Crippen LogP contribution in [0.1, 0.15) is 23.1 Å². The summed E-state index contributed by atoms with van der Waals surface area (Å²) in [6.45, 7) is 0.432. The van der Waals surface area contributed by atoms with E-state index in [-0.39, 0.29) is 17.6 Å². The first-order chi connectivity index (χ1) is 16.8. The second-order valence-corrected chi connectivity index (χ2v) is 8.41. The summed E-state index contributed by atoms with van der Waals surface area (Å²) in [5.74, 6) is 0.559. The van der Waals surface area contributed by atoms with Crippen LogP contribution in [0.15, 0.2) is 72.9 Å². The van der Waals surface area contributed by atoms with Gasteiger partial charge in [0.05, 0.1) is 35.7 Å². The Morgan fingerprint density at radius 3 is 2.49 bits per heavy atom. The Balaban J connectivity index is 1.40. The average Bonchev–Trinajstić information content (AvgIpc) is 3.42. The first-order valence-electron chi connectivity index (χ1n) is 11.0. The Morgan fingerprint density at radius 2 is 1.80 bits per heavy atom. The second-order valence-electron chi connectivity index (χ2n) is 8.41. The molecule has 5 nitrogen and oxygen atoms in total. The van der Waals surface area contributed by atoms with Crippen molar-refractivity contribution in [2.24, 2.45) is 5.92 Å². The Hall–Kier alpha value is -4.25. The molecule has 176 valence electrons. The molecule has 8 heteroatoms. The van der Waals surface area contributed by atoms with E-state index in [1.165, 1.54) is 6.07 Å². The number of halogens is 3. The van der Waals surface area contributed by atoms with Crippen LogP contribution in [-0.4, -0.2) is 17.1 Å². The third-order valence-corrected chi connectivity index (χ3v) is 6.01. The van der Waals surface area contributed by atoms with Crippen molar-refractivity contribution in [2.45, 2.75) is 19.0 Å². The third kappa shape index (κ3) is 4.58. The SMILES string of the molecule is N#Cc1cc(Oc2ccc(-n3cc(C[C@H]4COC(=O)C4)c4ccccc43)cc2)ccc1C(F)(F)F. The van der Waals surface area contributed by atoms with Crippen molar-refractivity contribution < 1.29 is 27.4 Å². The molecule has 0 spiro atoms. The highest BCUT2D eigenvalue weighted by Gasteiger charge is 2.33. The highest BCUT2D eigenvalue weighted by Crippen LogP contribution is 2.35. The van der Waals surface area contributed by atoms with Gasteiger partial charge in [0.1, 0.15) is 11.5 Å².